The number of carbonyl (C=O) groups is 1. The highest BCUT2D eigenvalue weighted by Gasteiger charge is 2.04. The molecule has 2 rings (SSSR count). The Labute approximate surface area is 125 Å². The first kappa shape index (κ1) is 14.2. The van der Waals surface area contributed by atoms with Gasteiger partial charge in [-0.3, -0.25) is 4.79 Å². The summed E-state index contributed by atoms with van der Waals surface area (Å²) >= 11 is 4.86. The van der Waals surface area contributed by atoms with Gasteiger partial charge in [0, 0.05) is 4.47 Å². The summed E-state index contributed by atoms with van der Waals surface area (Å²) in [6, 6.07) is 15.6. The Hall–Kier alpha value is -1.26. The van der Waals surface area contributed by atoms with Crippen LogP contribution in [0.2, 0.25) is 0 Å². The van der Waals surface area contributed by atoms with E-state index in [1.165, 1.54) is 11.8 Å². The predicted molar refractivity (Wildman–Crippen MR) is 83.6 cm³/mol. The molecule has 0 unspecified atom stereocenters. The molecule has 4 heteroatoms. The van der Waals surface area contributed by atoms with Gasteiger partial charge < -0.3 is 4.74 Å². The van der Waals surface area contributed by atoms with Gasteiger partial charge in [0.15, 0.2) is 0 Å². The highest BCUT2D eigenvalue weighted by atomic mass is 79.9. The summed E-state index contributed by atoms with van der Waals surface area (Å²) in [7, 11) is 0. The second-order valence-corrected chi connectivity index (χ2v) is 5.72. The molecule has 0 saturated heterocycles. The molecule has 0 radical (unpaired) electrons. The van der Waals surface area contributed by atoms with Crippen LogP contribution < -0.4 is 4.74 Å². The van der Waals surface area contributed by atoms with Crippen molar-refractivity contribution in [3.63, 3.8) is 0 Å². The SMILES string of the molecule is CSCC(=O)Oc1ccc(-c2ccc(Br)cc2)cc1. The third-order valence-electron chi connectivity index (χ3n) is 2.53. The summed E-state index contributed by atoms with van der Waals surface area (Å²) in [5.41, 5.74) is 2.22. The summed E-state index contributed by atoms with van der Waals surface area (Å²) in [5.74, 6) is 0.734. The fourth-order valence-electron chi connectivity index (χ4n) is 1.64. The third kappa shape index (κ3) is 4.11. The molecular weight excluding hydrogens is 324 g/mol. The number of benzene rings is 2. The Bertz CT molecular complexity index is 549. The van der Waals surface area contributed by atoms with E-state index in [2.05, 4.69) is 15.9 Å². The van der Waals surface area contributed by atoms with Crippen molar-refractivity contribution in [3.05, 3.63) is 53.0 Å². The Morgan fingerprint density at radius 1 is 1.05 bits per heavy atom. The Kier molecular flexibility index (Phi) is 5.05. The van der Waals surface area contributed by atoms with Crippen LogP contribution in [0.1, 0.15) is 0 Å². The fourth-order valence-corrected chi connectivity index (χ4v) is 2.20. The van der Waals surface area contributed by atoms with Crippen LogP contribution in [0, 0.1) is 0 Å². The molecule has 0 heterocycles. The topological polar surface area (TPSA) is 26.3 Å². The molecule has 0 saturated carbocycles. The molecule has 2 aromatic carbocycles. The van der Waals surface area contributed by atoms with E-state index in [-0.39, 0.29) is 5.97 Å². The third-order valence-corrected chi connectivity index (χ3v) is 3.58. The van der Waals surface area contributed by atoms with Gasteiger partial charge in [-0.05, 0) is 41.6 Å². The molecule has 0 amide bonds. The molecule has 0 aliphatic heterocycles. The van der Waals surface area contributed by atoms with Gasteiger partial charge >= 0.3 is 5.97 Å². The molecule has 0 aliphatic carbocycles. The normalized spacial score (nSPS) is 10.2. The minimum atomic E-state index is -0.219. The van der Waals surface area contributed by atoms with Crippen molar-refractivity contribution < 1.29 is 9.53 Å². The molecule has 0 bridgehead atoms. The largest absolute Gasteiger partial charge is 0.426 e. The molecule has 0 aliphatic rings. The standard InChI is InChI=1S/C15H13BrO2S/c1-19-10-15(17)18-14-8-4-12(5-9-14)11-2-6-13(16)7-3-11/h2-9H,10H2,1H3. The minimum absolute atomic E-state index is 0.219. The zero-order valence-electron chi connectivity index (χ0n) is 10.4. The zero-order valence-corrected chi connectivity index (χ0v) is 12.8. The fraction of sp³-hybridized carbons (Fsp3) is 0.133. The first-order valence-corrected chi connectivity index (χ1v) is 7.93. The summed E-state index contributed by atoms with van der Waals surface area (Å²) in [6.45, 7) is 0. The second-order valence-electron chi connectivity index (χ2n) is 3.94. The maximum Gasteiger partial charge on any atom is 0.321 e. The monoisotopic (exact) mass is 336 g/mol. The highest BCUT2D eigenvalue weighted by Crippen LogP contribution is 2.24. The van der Waals surface area contributed by atoms with Crippen LogP contribution in [-0.2, 0) is 4.79 Å². The van der Waals surface area contributed by atoms with Crippen LogP contribution in [0.3, 0.4) is 0 Å². The minimum Gasteiger partial charge on any atom is -0.426 e. The number of esters is 1. The Morgan fingerprint density at radius 3 is 2.11 bits per heavy atom. The van der Waals surface area contributed by atoms with E-state index in [9.17, 15) is 4.79 Å². The number of hydrogen-bond acceptors (Lipinski definition) is 3. The number of carbonyl (C=O) groups excluding carboxylic acids is 1. The van der Waals surface area contributed by atoms with Crippen molar-refractivity contribution in [2.24, 2.45) is 0 Å². The highest BCUT2D eigenvalue weighted by molar-refractivity contribution is 9.10. The molecule has 98 valence electrons. The molecular formula is C15H13BrO2S. The van der Waals surface area contributed by atoms with Crippen LogP contribution in [0.25, 0.3) is 11.1 Å². The molecule has 0 atom stereocenters. The van der Waals surface area contributed by atoms with Crippen molar-refractivity contribution in [1.82, 2.24) is 0 Å². The number of rotatable bonds is 4. The van der Waals surface area contributed by atoms with E-state index in [1.807, 2.05) is 54.8 Å². The average molecular weight is 337 g/mol. The molecule has 0 fully saturated rings. The average Bonchev–Trinajstić information content (AvgIpc) is 2.41. The number of thioether (sulfide) groups is 1. The van der Waals surface area contributed by atoms with Crippen molar-refractivity contribution in [3.8, 4) is 16.9 Å². The van der Waals surface area contributed by atoms with Crippen LogP contribution in [0.15, 0.2) is 53.0 Å². The second kappa shape index (κ2) is 6.78. The molecule has 0 aromatic heterocycles. The van der Waals surface area contributed by atoms with Crippen LogP contribution in [0.5, 0.6) is 5.75 Å². The first-order chi connectivity index (χ1) is 9.19. The quantitative estimate of drug-likeness (QED) is 0.612. The lowest BCUT2D eigenvalue weighted by atomic mass is 10.1. The summed E-state index contributed by atoms with van der Waals surface area (Å²) in [6.07, 6.45) is 1.87. The van der Waals surface area contributed by atoms with E-state index in [0.29, 0.717) is 11.5 Å². The number of hydrogen-bond donors (Lipinski definition) is 0. The van der Waals surface area contributed by atoms with E-state index < -0.39 is 0 Å². The predicted octanol–water partition coefficient (Wildman–Crippen LogP) is 4.38. The van der Waals surface area contributed by atoms with E-state index >= 15 is 0 Å². The van der Waals surface area contributed by atoms with Crippen molar-refractivity contribution in [2.75, 3.05) is 12.0 Å². The first-order valence-electron chi connectivity index (χ1n) is 5.74. The summed E-state index contributed by atoms with van der Waals surface area (Å²) < 4.78 is 6.25. The zero-order chi connectivity index (χ0) is 13.7. The van der Waals surface area contributed by atoms with Gasteiger partial charge in [-0.2, -0.15) is 11.8 Å². The van der Waals surface area contributed by atoms with Gasteiger partial charge in [0.05, 0.1) is 5.75 Å². The molecule has 2 nitrogen and oxygen atoms in total. The Balaban J connectivity index is 2.10. The van der Waals surface area contributed by atoms with Crippen molar-refractivity contribution >= 4 is 33.7 Å². The smallest absolute Gasteiger partial charge is 0.321 e. The molecule has 2 aromatic rings. The summed E-state index contributed by atoms with van der Waals surface area (Å²) in [5, 5.41) is 0. The van der Waals surface area contributed by atoms with Crippen molar-refractivity contribution in [2.45, 2.75) is 0 Å². The van der Waals surface area contributed by atoms with Crippen LogP contribution in [0.4, 0.5) is 0 Å². The van der Waals surface area contributed by atoms with Gasteiger partial charge in [0.25, 0.3) is 0 Å². The van der Waals surface area contributed by atoms with Gasteiger partial charge in [-0.15, -0.1) is 0 Å². The maximum atomic E-state index is 11.4. The van der Waals surface area contributed by atoms with Crippen LogP contribution >= 0.6 is 27.7 Å². The maximum absolute atomic E-state index is 11.4. The van der Waals surface area contributed by atoms with E-state index in [0.717, 1.165) is 15.6 Å². The van der Waals surface area contributed by atoms with E-state index in [4.69, 9.17) is 4.74 Å². The van der Waals surface area contributed by atoms with E-state index in [1.54, 1.807) is 0 Å². The van der Waals surface area contributed by atoms with Gasteiger partial charge in [-0.25, -0.2) is 0 Å². The van der Waals surface area contributed by atoms with Gasteiger partial charge in [0.1, 0.15) is 5.75 Å². The Morgan fingerprint density at radius 2 is 1.58 bits per heavy atom. The lowest BCUT2D eigenvalue weighted by molar-refractivity contribution is -0.131. The molecule has 0 spiro atoms. The summed E-state index contributed by atoms with van der Waals surface area (Å²) in [4.78, 5) is 11.4. The lowest BCUT2D eigenvalue weighted by Crippen LogP contribution is -2.10. The van der Waals surface area contributed by atoms with Crippen LogP contribution in [-0.4, -0.2) is 18.0 Å². The lowest BCUT2D eigenvalue weighted by Gasteiger charge is -2.05. The number of ether oxygens (including phenoxy) is 1. The van der Waals surface area contributed by atoms with Crippen molar-refractivity contribution in [1.29, 1.82) is 0 Å². The van der Waals surface area contributed by atoms with Gasteiger partial charge in [0.2, 0.25) is 0 Å². The molecule has 0 N–H and O–H groups in total. The van der Waals surface area contributed by atoms with Gasteiger partial charge in [-0.1, -0.05) is 40.2 Å². The molecule has 19 heavy (non-hydrogen) atoms. The number of halogens is 1.